The minimum atomic E-state index is -0.858. The summed E-state index contributed by atoms with van der Waals surface area (Å²) in [7, 11) is 0. The summed E-state index contributed by atoms with van der Waals surface area (Å²) in [5.74, 6) is -0.858. The van der Waals surface area contributed by atoms with Crippen molar-refractivity contribution in [3.05, 3.63) is 12.3 Å². The molecule has 1 unspecified atom stereocenters. The third-order valence-electron chi connectivity index (χ3n) is 0.712. The van der Waals surface area contributed by atoms with Crippen LogP contribution in [0.25, 0.3) is 0 Å². The summed E-state index contributed by atoms with van der Waals surface area (Å²) in [6.45, 7) is 0. The Labute approximate surface area is 50.5 Å². The van der Waals surface area contributed by atoms with Gasteiger partial charge in [0.05, 0.1) is 18.3 Å². The number of rotatable bonds is 1. The van der Waals surface area contributed by atoms with E-state index in [-0.39, 0.29) is 0 Å². The van der Waals surface area contributed by atoms with E-state index in [0.717, 1.165) is 12.0 Å². The SMILES string of the molecule is O=C(O)C1C=COS1. The van der Waals surface area contributed by atoms with Crippen LogP contribution in [0.2, 0.25) is 0 Å². The Morgan fingerprint density at radius 2 is 2.62 bits per heavy atom. The minimum Gasteiger partial charge on any atom is -0.480 e. The predicted molar refractivity (Wildman–Crippen MR) is 29.2 cm³/mol. The zero-order valence-electron chi connectivity index (χ0n) is 3.90. The molecule has 0 spiro atoms. The molecule has 0 aromatic carbocycles. The van der Waals surface area contributed by atoms with Gasteiger partial charge in [0.25, 0.3) is 0 Å². The fraction of sp³-hybridized carbons (Fsp3) is 0.250. The van der Waals surface area contributed by atoms with Crippen molar-refractivity contribution in [3.63, 3.8) is 0 Å². The summed E-state index contributed by atoms with van der Waals surface area (Å²) in [6.07, 6.45) is 2.87. The average Bonchev–Trinajstić information content (AvgIpc) is 2.12. The summed E-state index contributed by atoms with van der Waals surface area (Å²) in [4.78, 5) is 10.0. The van der Waals surface area contributed by atoms with Gasteiger partial charge in [-0.3, -0.25) is 4.79 Å². The zero-order valence-corrected chi connectivity index (χ0v) is 4.72. The molecule has 1 rings (SSSR count). The van der Waals surface area contributed by atoms with E-state index in [4.69, 9.17) is 5.11 Å². The van der Waals surface area contributed by atoms with Crippen molar-refractivity contribution in [2.45, 2.75) is 5.25 Å². The van der Waals surface area contributed by atoms with Crippen molar-refractivity contribution in [3.8, 4) is 0 Å². The van der Waals surface area contributed by atoms with E-state index in [2.05, 4.69) is 4.18 Å². The summed E-state index contributed by atoms with van der Waals surface area (Å²) >= 11 is 0.940. The lowest BCUT2D eigenvalue weighted by atomic mass is 10.4. The van der Waals surface area contributed by atoms with E-state index in [1.165, 1.54) is 12.3 Å². The Hall–Kier alpha value is -0.640. The monoisotopic (exact) mass is 132 g/mol. The van der Waals surface area contributed by atoms with Gasteiger partial charge in [-0.25, -0.2) is 0 Å². The number of hydrogen-bond acceptors (Lipinski definition) is 3. The van der Waals surface area contributed by atoms with Crippen molar-refractivity contribution >= 4 is 18.0 Å². The molecule has 0 saturated heterocycles. The van der Waals surface area contributed by atoms with Gasteiger partial charge in [-0.2, -0.15) is 0 Å². The Bertz CT molecular complexity index is 131. The number of carboxylic acids is 1. The maximum absolute atomic E-state index is 10.0. The van der Waals surface area contributed by atoms with Crippen LogP contribution in [-0.2, 0) is 8.98 Å². The van der Waals surface area contributed by atoms with Crippen LogP contribution in [0.4, 0.5) is 0 Å². The maximum atomic E-state index is 10.0. The Balaban J connectivity index is 2.48. The third-order valence-corrected chi connectivity index (χ3v) is 1.50. The first-order valence-corrected chi connectivity index (χ1v) is 2.83. The molecule has 0 saturated carbocycles. The van der Waals surface area contributed by atoms with Gasteiger partial charge in [-0.05, 0) is 6.08 Å². The lowest BCUT2D eigenvalue weighted by molar-refractivity contribution is -0.135. The molecule has 8 heavy (non-hydrogen) atoms. The first-order chi connectivity index (χ1) is 3.80. The van der Waals surface area contributed by atoms with Crippen molar-refractivity contribution in [2.24, 2.45) is 0 Å². The second-order valence-corrected chi connectivity index (χ2v) is 2.17. The summed E-state index contributed by atoms with van der Waals surface area (Å²) < 4.78 is 4.57. The Kier molecular flexibility index (Phi) is 1.43. The number of carboxylic acid groups (broad SMARTS) is 1. The lowest BCUT2D eigenvalue weighted by Crippen LogP contribution is -2.09. The van der Waals surface area contributed by atoms with Gasteiger partial charge in [0.15, 0.2) is 5.25 Å². The number of hydrogen-bond donors (Lipinski definition) is 1. The van der Waals surface area contributed by atoms with Crippen LogP contribution >= 0.6 is 12.0 Å². The first kappa shape index (κ1) is 5.50. The van der Waals surface area contributed by atoms with Gasteiger partial charge in [0.1, 0.15) is 0 Å². The fourth-order valence-corrected chi connectivity index (χ4v) is 0.810. The predicted octanol–water partition coefficient (Wildman–Crippen LogP) is 0.632. The summed E-state index contributed by atoms with van der Waals surface area (Å²) in [5.41, 5.74) is 0. The van der Waals surface area contributed by atoms with Crippen LogP contribution in [-0.4, -0.2) is 16.3 Å². The van der Waals surface area contributed by atoms with Crippen LogP contribution in [0.3, 0.4) is 0 Å². The highest BCUT2D eigenvalue weighted by atomic mass is 32.2. The van der Waals surface area contributed by atoms with E-state index in [1.54, 1.807) is 0 Å². The van der Waals surface area contributed by atoms with Gasteiger partial charge < -0.3 is 9.29 Å². The summed E-state index contributed by atoms with van der Waals surface area (Å²) in [6, 6.07) is 0. The van der Waals surface area contributed by atoms with Crippen LogP contribution in [0.1, 0.15) is 0 Å². The van der Waals surface area contributed by atoms with Crippen LogP contribution in [0.15, 0.2) is 12.3 Å². The van der Waals surface area contributed by atoms with Gasteiger partial charge in [0, 0.05) is 0 Å². The molecule has 1 atom stereocenters. The Morgan fingerprint density at radius 3 is 2.88 bits per heavy atom. The molecule has 0 aliphatic carbocycles. The zero-order chi connectivity index (χ0) is 5.98. The second-order valence-electron chi connectivity index (χ2n) is 1.28. The molecule has 0 amide bonds. The molecule has 0 radical (unpaired) electrons. The minimum absolute atomic E-state index is 0.505. The summed E-state index contributed by atoms with van der Waals surface area (Å²) in [5, 5.41) is 7.76. The molecule has 1 aliphatic heterocycles. The highest BCUT2D eigenvalue weighted by Gasteiger charge is 2.19. The highest BCUT2D eigenvalue weighted by Crippen LogP contribution is 2.20. The van der Waals surface area contributed by atoms with E-state index in [9.17, 15) is 4.79 Å². The average molecular weight is 132 g/mol. The molecule has 1 heterocycles. The second kappa shape index (κ2) is 2.09. The molecular weight excluding hydrogens is 128 g/mol. The van der Waals surface area contributed by atoms with Crippen LogP contribution in [0.5, 0.6) is 0 Å². The maximum Gasteiger partial charge on any atom is 0.324 e. The standard InChI is InChI=1S/C4H4O3S/c5-4(6)3-1-2-7-8-3/h1-3H,(H,5,6). The topological polar surface area (TPSA) is 46.5 Å². The van der Waals surface area contributed by atoms with E-state index < -0.39 is 11.2 Å². The molecule has 0 bridgehead atoms. The normalized spacial score (nSPS) is 25.2. The molecule has 0 fully saturated rings. The number of aliphatic carboxylic acids is 1. The van der Waals surface area contributed by atoms with Gasteiger partial charge in [-0.1, -0.05) is 0 Å². The van der Waals surface area contributed by atoms with E-state index in [0.29, 0.717) is 0 Å². The van der Waals surface area contributed by atoms with Crippen molar-refractivity contribution in [2.75, 3.05) is 0 Å². The smallest absolute Gasteiger partial charge is 0.324 e. The molecule has 44 valence electrons. The number of carbonyl (C=O) groups is 1. The van der Waals surface area contributed by atoms with E-state index in [1.807, 2.05) is 0 Å². The third kappa shape index (κ3) is 0.949. The molecule has 3 nitrogen and oxygen atoms in total. The van der Waals surface area contributed by atoms with Crippen LogP contribution < -0.4 is 0 Å². The first-order valence-electron chi connectivity index (χ1n) is 2.02. The van der Waals surface area contributed by atoms with Crippen molar-refractivity contribution in [1.82, 2.24) is 0 Å². The van der Waals surface area contributed by atoms with Crippen molar-refractivity contribution in [1.29, 1.82) is 0 Å². The van der Waals surface area contributed by atoms with Crippen LogP contribution in [0, 0.1) is 0 Å². The van der Waals surface area contributed by atoms with Gasteiger partial charge >= 0.3 is 5.97 Å². The molecule has 0 aromatic heterocycles. The fourth-order valence-electron chi connectivity index (χ4n) is 0.351. The molecule has 1 N–H and O–H groups in total. The van der Waals surface area contributed by atoms with E-state index >= 15 is 0 Å². The van der Waals surface area contributed by atoms with Gasteiger partial charge in [-0.15, -0.1) is 0 Å². The molecular formula is C4H4O3S. The van der Waals surface area contributed by atoms with Gasteiger partial charge in [0.2, 0.25) is 0 Å². The molecule has 1 aliphatic rings. The highest BCUT2D eigenvalue weighted by molar-refractivity contribution is 7.96. The van der Waals surface area contributed by atoms with Crippen molar-refractivity contribution < 1.29 is 14.1 Å². The largest absolute Gasteiger partial charge is 0.480 e. The quantitative estimate of drug-likeness (QED) is 0.531. The lowest BCUT2D eigenvalue weighted by Gasteiger charge is -1.93. The molecule has 0 aromatic rings. The molecule has 4 heteroatoms. The Morgan fingerprint density at radius 1 is 1.88 bits per heavy atom.